The van der Waals surface area contributed by atoms with Crippen molar-refractivity contribution < 1.29 is 24.2 Å². The molecule has 6 rings (SSSR count). The number of hydrazine groups is 1. The molecule has 5 heterocycles. The van der Waals surface area contributed by atoms with E-state index in [0.717, 1.165) is 36.9 Å². The van der Waals surface area contributed by atoms with Crippen LogP contribution in [0.25, 0.3) is 22.3 Å². The average Bonchev–Trinajstić information content (AvgIpc) is 3.32. The van der Waals surface area contributed by atoms with Crippen molar-refractivity contribution in [1.82, 2.24) is 19.6 Å². The second-order valence-electron chi connectivity index (χ2n) is 11.0. The van der Waals surface area contributed by atoms with E-state index in [4.69, 9.17) is 14.5 Å². The number of benzene rings is 1. The van der Waals surface area contributed by atoms with E-state index >= 15 is 0 Å². The molecule has 2 aromatic heterocycles. The standard InChI is InChI=1S/C30H34N4O6/c1-5-18-10-11-24(40-29(37)32(4)34-12-8-7-9-17(34)3)20-13-19-15-33-23(26(19)31-25(18)20)14-22-21(27(33)35)16-39-28(36)30(22,38)6-2/h10-11,13-14,17,38H,5-9,12,15-16H2,1-4H3/t17?,30-/m0/s1. The van der Waals surface area contributed by atoms with E-state index in [2.05, 4.69) is 6.92 Å². The number of ether oxygens (including phenoxy) is 2. The number of carbonyl (C=O) groups is 2. The Hall–Kier alpha value is -3.76. The highest BCUT2D eigenvalue weighted by molar-refractivity contribution is 5.93. The number of hydrogen-bond acceptors (Lipinski definition) is 8. The van der Waals surface area contributed by atoms with E-state index in [1.165, 1.54) is 0 Å². The van der Waals surface area contributed by atoms with Crippen molar-refractivity contribution in [3.8, 4) is 17.1 Å². The summed E-state index contributed by atoms with van der Waals surface area (Å²) in [7, 11) is 1.74. The average molecular weight is 547 g/mol. The molecule has 1 N–H and O–H groups in total. The normalized spacial score (nSPS) is 21.9. The number of aliphatic hydroxyl groups is 1. The Balaban J connectivity index is 1.43. The second kappa shape index (κ2) is 9.71. The molecule has 0 aliphatic carbocycles. The lowest BCUT2D eigenvalue weighted by atomic mass is 9.86. The van der Waals surface area contributed by atoms with Gasteiger partial charge in [0.05, 0.1) is 29.0 Å². The molecule has 0 radical (unpaired) electrons. The highest BCUT2D eigenvalue weighted by Crippen LogP contribution is 2.40. The van der Waals surface area contributed by atoms with Crippen molar-refractivity contribution in [3.63, 3.8) is 0 Å². The maximum Gasteiger partial charge on any atom is 0.429 e. The number of piperidine rings is 1. The van der Waals surface area contributed by atoms with Crippen LogP contribution in [-0.2, 0) is 34.7 Å². The number of cyclic esters (lactones) is 1. The third-order valence-corrected chi connectivity index (χ3v) is 8.72. The summed E-state index contributed by atoms with van der Waals surface area (Å²) < 4.78 is 12.7. The molecular weight excluding hydrogens is 512 g/mol. The van der Waals surface area contributed by atoms with Gasteiger partial charge in [-0.1, -0.05) is 26.3 Å². The van der Waals surface area contributed by atoms with E-state index in [1.807, 2.05) is 24.1 Å². The lowest BCUT2D eigenvalue weighted by Crippen LogP contribution is -2.51. The predicted octanol–water partition coefficient (Wildman–Crippen LogP) is 3.86. The number of pyridine rings is 2. The molecule has 3 aliphatic heterocycles. The van der Waals surface area contributed by atoms with E-state index in [1.54, 1.807) is 35.7 Å². The van der Waals surface area contributed by atoms with Gasteiger partial charge in [-0.3, -0.25) is 4.79 Å². The fourth-order valence-electron chi connectivity index (χ4n) is 6.27. The van der Waals surface area contributed by atoms with Gasteiger partial charge in [0.15, 0.2) is 5.60 Å². The molecule has 0 spiro atoms. The molecule has 1 unspecified atom stereocenters. The maximum absolute atomic E-state index is 13.5. The molecule has 10 heteroatoms. The first-order chi connectivity index (χ1) is 19.2. The molecule has 210 valence electrons. The minimum Gasteiger partial charge on any atom is -0.458 e. The summed E-state index contributed by atoms with van der Waals surface area (Å²) in [6, 6.07) is 7.61. The zero-order valence-electron chi connectivity index (χ0n) is 23.3. The number of amides is 1. The van der Waals surface area contributed by atoms with Crippen molar-refractivity contribution in [3.05, 3.63) is 56.9 Å². The summed E-state index contributed by atoms with van der Waals surface area (Å²) in [6.45, 7) is 6.72. The Kier molecular flexibility index (Phi) is 6.42. The molecule has 3 aromatic rings. The van der Waals surface area contributed by atoms with Gasteiger partial charge in [-0.15, -0.1) is 0 Å². The third kappa shape index (κ3) is 3.92. The molecule has 40 heavy (non-hydrogen) atoms. The van der Waals surface area contributed by atoms with Gasteiger partial charge in [-0.2, -0.15) is 0 Å². The topological polar surface area (TPSA) is 114 Å². The van der Waals surface area contributed by atoms with Crippen LogP contribution in [-0.4, -0.2) is 56.4 Å². The predicted molar refractivity (Wildman–Crippen MR) is 148 cm³/mol. The number of aromatic nitrogens is 2. The summed E-state index contributed by atoms with van der Waals surface area (Å²) in [5.74, 6) is -0.342. The lowest BCUT2D eigenvalue weighted by molar-refractivity contribution is -0.172. The summed E-state index contributed by atoms with van der Waals surface area (Å²) >= 11 is 0. The fourth-order valence-corrected chi connectivity index (χ4v) is 6.27. The summed E-state index contributed by atoms with van der Waals surface area (Å²) in [4.78, 5) is 44.2. The van der Waals surface area contributed by atoms with Gasteiger partial charge in [-0.05, 0) is 56.4 Å². The van der Waals surface area contributed by atoms with E-state index in [0.29, 0.717) is 34.5 Å². The van der Waals surface area contributed by atoms with Crippen LogP contribution < -0.4 is 10.3 Å². The first kappa shape index (κ1) is 26.5. The Morgan fingerprint density at radius 1 is 1.25 bits per heavy atom. The van der Waals surface area contributed by atoms with Crippen LogP contribution in [0, 0.1) is 0 Å². The highest BCUT2D eigenvalue weighted by atomic mass is 16.6. The van der Waals surface area contributed by atoms with Crippen molar-refractivity contribution in [2.24, 2.45) is 0 Å². The largest absolute Gasteiger partial charge is 0.458 e. The Bertz CT molecular complexity index is 1610. The lowest BCUT2D eigenvalue weighted by Gasteiger charge is -2.38. The van der Waals surface area contributed by atoms with Crippen LogP contribution in [0.15, 0.2) is 29.1 Å². The maximum atomic E-state index is 13.5. The minimum atomic E-state index is -1.88. The highest BCUT2D eigenvalue weighted by Gasteiger charge is 2.45. The van der Waals surface area contributed by atoms with Gasteiger partial charge in [0.1, 0.15) is 12.4 Å². The number of nitrogens with zero attached hydrogens (tertiary/aromatic N) is 4. The van der Waals surface area contributed by atoms with Gasteiger partial charge in [-0.25, -0.2) is 24.6 Å². The zero-order valence-corrected chi connectivity index (χ0v) is 23.3. The molecular formula is C30H34N4O6. The van der Waals surface area contributed by atoms with Crippen molar-refractivity contribution >= 4 is 23.0 Å². The fraction of sp³-hybridized carbons (Fsp3) is 0.467. The molecule has 0 bridgehead atoms. The van der Waals surface area contributed by atoms with Crippen molar-refractivity contribution in [2.45, 2.75) is 77.7 Å². The molecule has 1 amide bonds. The molecule has 10 nitrogen and oxygen atoms in total. The van der Waals surface area contributed by atoms with Crippen LogP contribution >= 0.6 is 0 Å². The molecule has 2 atom stereocenters. The van der Waals surface area contributed by atoms with Crippen LogP contribution in [0.4, 0.5) is 4.79 Å². The molecule has 1 saturated heterocycles. The van der Waals surface area contributed by atoms with E-state index in [-0.39, 0.29) is 42.3 Å². The number of fused-ring (bicyclic) bond motifs is 5. The van der Waals surface area contributed by atoms with Crippen molar-refractivity contribution in [2.75, 3.05) is 13.6 Å². The molecule has 1 aromatic carbocycles. The second-order valence-corrected chi connectivity index (χ2v) is 11.0. The van der Waals surface area contributed by atoms with Crippen LogP contribution in [0.5, 0.6) is 5.75 Å². The van der Waals surface area contributed by atoms with Gasteiger partial charge in [0.2, 0.25) is 0 Å². The monoisotopic (exact) mass is 546 g/mol. The third-order valence-electron chi connectivity index (χ3n) is 8.72. The van der Waals surface area contributed by atoms with Gasteiger partial charge in [0.25, 0.3) is 5.56 Å². The van der Waals surface area contributed by atoms with Crippen LogP contribution in [0.3, 0.4) is 0 Å². The molecule has 3 aliphatic rings. The molecule has 1 fully saturated rings. The summed E-state index contributed by atoms with van der Waals surface area (Å²) in [6.07, 6.45) is 3.54. The summed E-state index contributed by atoms with van der Waals surface area (Å²) in [5.41, 5.74) is 1.99. The van der Waals surface area contributed by atoms with Gasteiger partial charge >= 0.3 is 12.1 Å². The van der Waals surface area contributed by atoms with Crippen LogP contribution in [0.1, 0.15) is 68.7 Å². The zero-order chi connectivity index (χ0) is 28.3. The van der Waals surface area contributed by atoms with Gasteiger partial charge in [0, 0.05) is 36.1 Å². The van der Waals surface area contributed by atoms with E-state index < -0.39 is 17.7 Å². The Labute approximate surface area is 232 Å². The van der Waals surface area contributed by atoms with Crippen LogP contribution in [0.2, 0.25) is 0 Å². The number of hydrogen-bond donors (Lipinski definition) is 1. The number of esters is 1. The Morgan fingerprint density at radius 2 is 2.05 bits per heavy atom. The van der Waals surface area contributed by atoms with Crippen molar-refractivity contribution in [1.29, 1.82) is 0 Å². The van der Waals surface area contributed by atoms with Gasteiger partial charge < -0.3 is 19.1 Å². The SMILES string of the molecule is CCc1ccc(OC(=O)N(C)N2CCCCC2C)c2cc3c(nc12)-c1cc2c(c(=O)n1C3)COC(=O)[C@]2(O)CC. The number of rotatable bonds is 4. The number of aryl methyl sites for hydroxylation is 1. The first-order valence-electron chi connectivity index (χ1n) is 14.0. The van der Waals surface area contributed by atoms with E-state index in [9.17, 15) is 19.5 Å². The minimum absolute atomic E-state index is 0.0824. The molecule has 0 saturated carbocycles. The smallest absolute Gasteiger partial charge is 0.429 e. The summed E-state index contributed by atoms with van der Waals surface area (Å²) in [5, 5.41) is 15.4. The Morgan fingerprint density at radius 3 is 2.77 bits per heavy atom. The number of carbonyl (C=O) groups excluding carboxylic acids is 2. The first-order valence-corrected chi connectivity index (χ1v) is 14.0. The quantitative estimate of drug-likeness (QED) is 0.384.